The smallest absolute Gasteiger partial charge is 0.0879 e. The van der Waals surface area contributed by atoms with Gasteiger partial charge in [0.25, 0.3) is 0 Å². The van der Waals surface area contributed by atoms with Gasteiger partial charge in [-0.15, -0.1) is 0 Å². The molecule has 0 radical (unpaired) electrons. The molecule has 0 spiro atoms. The third-order valence-electron chi connectivity index (χ3n) is 0.464. The molecular weight excluding hydrogens is 104 g/mol. The predicted octanol–water partition coefficient (Wildman–Crippen LogP) is -1.05. The minimum Gasteiger partial charge on any atom is -0.403 e. The van der Waals surface area contributed by atoms with E-state index < -0.39 is 0 Å². The maximum absolute atomic E-state index is 5.02. The van der Waals surface area contributed by atoms with Gasteiger partial charge in [0.15, 0.2) is 0 Å². The largest absolute Gasteiger partial charge is 0.403 e. The van der Waals surface area contributed by atoms with Crippen LogP contribution >= 0.6 is 0 Å². The lowest BCUT2D eigenvalue weighted by molar-refractivity contribution is 1.06. The lowest BCUT2D eigenvalue weighted by atomic mass is 10.9. The molecule has 4 nitrogen and oxygen atoms in total. The monoisotopic (exact) mass is 114 g/mol. The molecule has 0 rings (SSSR count). The number of nitrogens with one attached hydrogen (secondary N) is 1. The molecule has 0 aliphatic rings. The average Bonchev–Trinajstić information content (AvgIpc) is 1.81. The fraction of sp³-hybridized carbons (Fsp3) is 0.250. The van der Waals surface area contributed by atoms with Crippen LogP contribution in [0.3, 0.4) is 0 Å². The highest BCUT2D eigenvalue weighted by Gasteiger charge is 1.61. The Balaban J connectivity index is 3.03. The van der Waals surface area contributed by atoms with Crippen molar-refractivity contribution in [2.45, 2.75) is 0 Å². The third kappa shape index (κ3) is 4.97. The average molecular weight is 114 g/mol. The van der Waals surface area contributed by atoms with Gasteiger partial charge < -0.3 is 16.8 Å². The lowest BCUT2D eigenvalue weighted by Gasteiger charge is -1.83. The number of hydrogen-bond acceptors (Lipinski definition) is 3. The molecule has 0 aromatic carbocycles. The zero-order valence-corrected chi connectivity index (χ0v) is 4.54. The predicted molar refractivity (Wildman–Crippen MR) is 34.0 cm³/mol. The van der Waals surface area contributed by atoms with E-state index >= 15 is 0 Å². The van der Waals surface area contributed by atoms with Gasteiger partial charge in [-0.05, 0) is 0 Å². The first-order chi connectivity index (χ1) is 3.91. The first-order valence-corrected chi connectivity index (χ1v) is 2.23. The van der Waals surface area contributed by atoms with Gasteiger partial charge >= 0.3 is 0 Å². The van der Waals surface area contributed by atoms with Crippen molar-refractivity contribution in [3.8, 4) is 0 Å². The number of aliphatic imine (C=N–C) groups is 1. The van der Waals surface area contributed by atoms with E-state index in [9.17, 15) is 0 Å². The Morgan fingerprint density at radius 3 is 2.88 bits per heavy atom. The van der Waals surface area contributed by atoms with Crippen molar-refractivity contribution in [3.05, 3.63) is 12.4 Å². The van der Waals surface area contributed by atoms with Gasteiger partial charge in [0, 0.05) is 12.4 Å². The van der Waals surface area contributed by atoms with Crippen molar-refractivity contribution in [2.24, 2.45) is 16.5 Å². The van der Waals surface area contributed by atoms with E-state index in [2.05, 4.69) is 10.3 Å². The van der Waals surface area contributed by atoms with Crippen molar-refractivity contribution in [3.63, 3.8) is 0 Å². The Morgan fingerprint density at radius 2 is 2.38 bits per heavy atom. The first kappa shape index (κ1) is 6.97. The van der Waals surface area contributed by atoms with Crippen LogP contribution in [-0.2, 0) is 0 Å². The molecule has 0 aliphatic heterocycles. The topological polar surface area (TPSA) is 76.4 Å². The van der Waals surface area contributed by atoms with E-state index in [-0.39, 0.29) is 0 Å². The molecule has 4 heteroatoms. The molecule has 0 heterocycles. The molecule has 0 unspecified atom stereocenters. The first-order valence-electron chi connectivity index (χ1n) is 2.23. The van der Waals surface area contributed by atoms with Crippen LogP contribution in [0.25, 0.3) is 0 Å². The van der Waals surface area contributed by atoms with Crippen LogP contribution in [-0.4, -0.2) is 13.0 Å². The summed E-state index contributed by atoms with van der Waals surface area (Å²) in [7, 11) is 0. The Bertz CT molecular complexity index is 86.0. The minimum absolute atomic E-state index is 0.297. The van der Waals surface area contributed by atoms with Crippen LogP contribution in [0.1, 0.15) is 0 Å². The van der Waals surface area contributed by atoms with Crippen LogP contribution in [0.15, 0.2) is 17.4 Å². The highest BCUT2D eigenvalue weighted by Crippen LogP contribution is 1.53. The van der Waals surface area contributed by atoms with Gasteiger partial charge in [0.2, 0.25) is 0 Å². The normalized spacial score (nSPS) is 11.1. The summed E-state index contributed by atoms with van der Waals surface area (Å²) in [5, 5.41) is 2.66. The van der Waals surface area contributed by atoms with Gasteiger partial charge in [-0.2, -0.15) is 0 Å². The summed E-state index contributed by atoms with van der Waals surface area (Å²) in [5.74, 6) is 0. The minimum atomic E-state index is 0.297. The van der Waals surface area contributed by atoms with Crippen LogP contribution in [0.5, 0.6) is 0 Å². The molecular formula is C4H10N4. The summed E-state index contributed by atoms with van der Waals surface area (Å²) in [4.78, 5) is 3.64. The van der Waals surface area contributed by atoms with Crippen molar-refractivity contribution >= 4 is 6.34 Å². The van der Waals surface area contributed by atoms with Gasteiger partial charge in [0.05, 0.1) is 13.0 Å². The summed E-state index contributed by atoms with van der Waals surface area (Å²) in [5.41, 5.74) is 9.99. The second-order valence-corrected chi connectivity index (χ2v) is 1.02. The quantitative estimate of drug-likeness (QED) is 0.323. The number of nitrogens with two attached hydrogens (primary N) is 2. The third-order valence-corrected chi connectivity index (χ3v) is 0.464. The Kier molecular flexibility index (Phi) is 5.20. The molecule has 0 aliphatic carbocycles. The van der Waals surface area contributed by atoms with Gasteiger partial charge in [-0.25, -0.2) is 0 Å². The summed E-state index contributed by atoms with van der Waals surface area (Å²) >= 11 is 0. The molecule has 0 saturated heterocycles. The van der Waals surface area contributed by atoms with Gasteiger partial charge in [-0.3, -0.25) is 4.99 Å². The highest BCUT2D eigenvalue weighted by molar-refractivity contribution is 5.55. The molecule has 5 N–H and O–H groups in total. The molecule has 0 amide bonds. The maximum Gasteiger partial charge on any atom is 0.0879 e. The van der Waals surface area contributed by atoms with Crippen molar-refractivity contribution in [2.75, 3.05) is 6.67 Å². The van der Waals surface area contributed by atoms with E-state index in [1.807, 2.05) is 0 Å². The standard InChI is InChI=1S/C4H10N4/c5-1-2-7-4-8-3-6/h1-2,4H,3,5-6H2,(H,7,8)/b2-1+. The second-order valence-electron chi connectivity index (χ2n) is 1.02. The molecule has 46 valence electrons. The second kappa shape index (κ2) is 5.97. The molecule has 0 saturated carbocycles. The Labute approximate surface area is 48.3 Å². The van der Waals surface area contributed by atoms with Crippen LogP contribution in [0.2, 0.25) is 0 Å². The molecule has 0 aromatic rings. The van der Waals surface area contributed by atoms with E-state index in [0.29, 0.717) is 6.67 Å². The zero-order chi connectivity index (χ0) is 6.24. The van der Waals surface area contributed by atoms with Crippen molar-refractivity contribution < 1.29 is 0 Å². The van der Waals surface area contributed by atoms with E-state index in [1.165, 1.54) is 12.5 Å². The molecule has 0 aromatic heterocycles. The van der Waals surface area contributed by atoms with Crippen LogP contribution in [0.4, 0.5) is 0 Å². The highest BCUT2D eigenvalue weighted by atomic mass is 15.0. The fourth-order valence-electron chi connectivity index (χ4n) is 0.204. The SMILES string of the molecule is N/C=C/NC=NCN. The van der Waals surface area contributed by atoms with E-state index in [0.717, 1.165) is 0 Å². The Morgan fingerprint density at radius 1 is 1.62 bits per heavy atom. The van der Waals surface area contributed by atoms with Crippen molar-refractivity contribution in [1.82, 2.24) is 5.32 Å². The number of rotatable bonds is 3. The van der Waals surface area contributed by atoms with Gasteiger partial charge in [0.1, 0.15) is 0 Å². The summed E-state index contributed by atoms with van der Waals surface area (Å²) in [6.45, 7) is 0.297. The van der Waals surface area contributed by atoms with Crippen LogP contribution in [0, 0.1) is 0 Å². The fourth-order valence-corrected chi connectivity index (χ4v) is 0.204. The zero-order valence-electron chi connectivity index (χ0n) is 4.54. The molecule has 0 atom stereocenters. The lowest BCUT2D eigenvalue weighted by Crippen LogP contribution is -2.04. The Hall–Kier alpha value is -1.03. The van der Waals surface area contributed by atoms with Crippen molar-refractivity contribution in [1.29, 1.82) is 0 Å². The summed E-state index contributed by atoms with van der Waals surface area (Å²) in [6, 6.07) is 0. The van der Waals surface area contributed by atoms with Crippen LogP contribution < -0.4 is 16.8 Å². The number of nitrogens with zero attached hydrogens (tertiary/aromatic N) is 1. The van der Waals surface area contributed by atoms with Gasteiger partial charge in [-0.1, -0.05) is 0 Å². The summed E-state index contributed by atoms with van der Waals surface area (Å²) < 4.78 is 0. The molecule has 0 fully saturated rings. The maximum atomic E-state index is 5.02. The summed E-state index contributed by atoms with van der Waals surface area (Å²) in [6.07, 6.45) is 4.41. The van der Waals surface area contributed by atoms with E-state index in [1.54, 1.807) is 6.20 Å². The molecule has 8 heavy (non-hydrogen) atoms. The number of hydrogen-bond donors (Lipinski definition) is 3. The molecule has 0 bridgehead atoms. The van der Waals surface area contributed by atoms with E-state index in [4.69, 9.17) is 11.5 Å².